The van der Waals surface area contributed by atoms with Gasteiger partial charge in [0.1, 0.15) is 5.76 Å². The van der Waals surface area contributed by atoms with Crippen LogP contribution in [0, 0.1) is 0 Å². The van der Waals surface area contributed by atoms with Crippen LogP contribution in [0.15, 0.2) is 81.3 Å². The number of thioether (sulfide) groups is 1. The lowest BCUT2D eigenvalue weighted by molar-refractivity contribution is -0.120. The summed E-state index contributed by atoms with van der Waals surface area (Å²) in [5.74, 6) is -0.111. The largest absolute Gasteiger partial charge is 0.467 e. The number of furan rings is 1. The highest BCUT2D eigenvalue weighted by atomic mass is 32.2. The van der Waals surface area contributed by atoms with Crippen LogP contribution in [-0.2, 0) is 16.1 Å². The molecule has 0 aliphatic heterocycles. The summed E-state index contributed by atoms with van der Waals surface area (Å²) >= 11 is 1.15. The highest BCUT2D eigenvalue weighted by Gasteiger charge is 2.21. The molecule has 33 heavy (non-hydrogen) atoms. The van der Waals surface area contributed by atoms with E-state index in [1.165, 1.54) is 23.8 Å². The van der Waals surface area contributed by atoms with E-state index < -0.39 is 11.2 Å². The molecule has 0 spiro atoms. The van der Waals surface area contributed by atoms with Crippen molar-refractivity contribution in [3.63, 3.8) is 0 Å². The van der Waals surface area contributed by atoms with E-state index in [-0.39, 0.29) is 23.6 Å². The number of hydrogen-bond acceptors (Lipinski definition) is 7. The molecule has 0 radical (unpaired) electrons. The van der Waals surface area contributed by atoms with Gasteiger partial charge in [-0.15, -0.1) is 0 Å². The Kier molecular flexibility index (Phi) is 6.60. The van der Waals surface area contributed by atoms with Crippen molar-refractivity contribution in [1.82, 2.24) is 14.9 Å². The van der Waals surface area contributed by atoms with Crippen LogP contribution in [0.3, 0.4) is 0 Å². The minimum atomic E-state index is -0.553. The molecular weight excluding hydrogens is 442 g/mol. The number of carbonyl (C=O) groups excluding carboxylic acids is 2. The molecule has 0 saturated heterocycles. The second kappa shape index (κ2) is 9.74. The zero-order valence-corrected chi connectivity index (χ0v) is 18.8. The molecule has 0 fully saturated rings. The number of para-hydroxylation sites is 1. The third-order valence-electron chi connectivity index (χ3n) is 4.94. The van der Waals surface area contributed by atoms with Crippen molar-refractivity contribution in [3.8, 4) is 5.69 Å². The predicted octanol–water partition coefficient (Wildman–Crippen LogP) is 3.56. The van der Waals surface area contributed by atoms with Gasteiger partial charge in [-0.05, 0) is 49.4 Å². The number of nitrogens with one attached hydrogen (secondary N) is 1. The number of nitrogens with zero attached hydrogens (tertiary/aromatic N) is 2. The molecule has 1 unspecified atom stereocenters. The number of amides is 1. The molecule has 0 bridgehead atoms. The topological polar surface area (TPSA) is 103 Å². The van der Waals surface area contributed by atoms with Crippen LogP contribution in [0.5, 0.6) is 0 Å². The lowest BCUT2D eigenvalue weighted by Crippen LogP contribution is -2.31. The molecule has 0 aliphatic rings. The van der Waals surface area contributed by atoms with Gasteiger partial charge >= 0.3 is 5.97 Å². The Balaban J connectivity index is 1.73. The first-order chi connectivity index (χ1) is 16.0. The smallest absolute Gasteiger partial charge is 0.337 e. The van der Waals surface area contributed by atoms with Gasteiger partial charge in [-0.25, -0.2) is 9.78 Å². The summed E-state index contributed by atoms with van der Waals surface area (Å²) < 4.78 is 11.5. The fourth-order valence-electron chi connectivity index (χ4n) is 3.24. The van der Waals surface area contributed by atoms with Crippen molar-refractivity contribution >= 4 is 34.5 Å². The van der Waals surface area contributed by atoms with E-state index in [0.717, 1.165) is 11.8 Å². The van der Waals surface area contributed by atoms with Crippen LogP contribution in [0.2, 0.25) is 0 Å². The fourth-order valence-corrected chi connectivity index (χ4v) is 4.19. The Bertz CT molecular complexity index is 1350. The summed E-state index contributed by atoms with van der Waals surface area (Å²) in [4.78, 5) is 42.7. The molecule has 1 N–H and O–H groups in total. The van der Waals surface area contributed by atoms with E-state index >= 15 is 0 Å². The zero-order chi connectivity index (χ0) is 23.4. The van der Waals surface area contributed by atoms with Crippen LogP contribution in [0.4, 0.5) is 0 Å². The van der Waals surface area contributed by atoms with E-state index in [1.54, 1.807) is 43.5 Å². The van der Waals surface area contributed by atoms with Gasteiger partial charge < -0.3 is 14.5 Å². The van der Waals surface area contributed by atoms with E-state index in [4.69, 9.17) is 9.15 Å². The van der Waals surface area contributed by atoms with Crippen molar-refractivity contribution in [2.45, 2.75) is 23.9 Å². The van der Waals surface area contributed by atoms with Gasteiger partial charge in [0, 0.05) is 0 Å². The SMILES string of the molecule is COC(=O)c1ccc2c(=O)n(-c3ccccc3)c(SC(C)C(=O)NCc3ccco3)nc2c1. The Morgan fingerprint density at radius 2 is 1.94 bits per heavy atom. The number of aromatic nitrogens is 2. The van der Waals surface area contributed by atoms with Crippen LogP contribution in [0.1, 0.15) is 23.0 Å². The zero-order valence-electron chi connectivity index (χ0n) is 18.0. The van der Waals surface area contributed by atoms with E-state index in [2.05, 4.69) is 10.3 Å². The summed E-state index contributed by atoms with van der Waals surface area (Å²) in [5.41, 5.74) is 0.961. The molecule has 4 aromatic rings. The number of esters is 1. The number of hydrogen-bond donors (Lipinski definition) is 1. The third-order valence-corrected chi connectivity index (χ3v) is 5.99. The first kappa shape index (κ1) is 22.3. The normalized spacial score (nSPS) is 11.8. The van der Waals surface area contributed by atoms with Gasteiger partial charge in [-0.3, -0.25) is 14.2 Å². The Morgan fingerprint density at radius 3 is 2.64 bits per heavy atom. The van der Waals surface area contributed by atoms with Gasteiger partial charge in [0.15, 0.2) is 5.16 Å². The van der Waals surface area contributed by atoms with Crippen LogP contribution in [-0.4, -0.2) is 33.8 Å². The maximum Gasteiger partial charge on any atom is 0.337 e. The maximum atomic E-state index is 13.4. The highest BCUT2D eigenvalue weighted by molar-refractivity contribution is 8.00. The quantitative estimate of drug-likeness (QED) is 0.254. The predicted molar refractivity (Wildman–Crippen MR) is 125 cm³/mol. The molecule has 0 saturated carbocycles. The second-order valence-electron chi connectivity index (χ2n) is 7.15. The standard InChI is InChI=1S/C24H21N3O5S/c1-15(21(28)25-14-18-9-6-12-32-18)33-24-26-20-13-16(23(30)31-2)10-11-19(20)22(29)27(24)17-7-4-3-5-8-17/h3-13,15H,14H2,1-2H3,(H,25,28). The summed E-state index contributed by atoms with van der Waals surface area (Å²) in [7, 11) is 1.29. The molecule has 2 aromatic carbocycles. The van der Waals surface area contributed by atoms with E-state index in [1.807, 2.05) is 18.2 Å². The number of methoxy groups -OCH3 is 1. The number of rotatable bonds is 7. The summed E-state index contributed by atoms with van der Waals surface area (Å²) in [5, 5.41) is 2.95. The average molecular weight is 464 g/mol. The summed E-state index contributed by atoms with van der Waals surface area (Å²) in [6.45, 7) is 1.99. The highest BCUT2D eigenvalue weighted by Crippen LogP contribution is 2.25. The van der Waals surface area contributed by atoms with Gasteiger partial charge in [0.05, 0.1) is 47.3 Å². The minimum Gasteiger partial charge on any atom is -0.467 e. The van der Waals surface area contributed by atoms with Crippen molar-refractivity contribution in [2.75, 3.05) is 7.11 Å². The Morgan fingerprint density at radius 1 is 1.15 bits per heavy atom. The lowest BCUT2D eigenvalue weighted by Gasteiger charge is -2.16. The number of carbonyl (C=O) groups is 2. The molecule has 4 rings (SSSR count). The van der Waals surface area contributed by atoms with Crippen LogP contribution in [0.25, 0.3) is 16.6 Å². The van der Waals surface area contributed by atoms with Crippen molar-refractivity contribution < 1.29 is 18.7 Å². The van der Waals surface area contributed by atoms with Gasteiger partial charge in [0.25, 0.3) is 5.56 Å². The minimum absolute atomic E-state index is 0.228. The maximum absolute atomic E-state index is 13.4. The Labute approximate surface area is 193 Å². The van der Waals surface area contributed by atoms with Crippen LogP contribution >= 0.6 is 11.8 Å². The monoisotopic (exact) mass is 463 g/mol. The third kappa shape index (κ3) is 4.83. The number of benzene rings is 2. The summed E-state index contributed by atoms with van der Waals surface area (Å²) in [6.07, 6.45) is 1.54. The first-order valence-electron chi connectivity index (χ1n) is 10.1. The molecule has 9 heteroatoms. The van der Waals surface area contributed by atoms with Gasteiger partial charge in [-0.2, -0.15) is 0 Å². The van der Waals surface area contributed by atoms with Gasteiger partial charge in [0.2, 0.25) is 5.91 Å². The molecule has 8 nitrogen and oxygen atoms in total. The summed E-state index contributed by atoms with van der Waals surface area (Å²) in [6, 6.07) is 17.2. The van der Waals surface area contributed by atoms with E-state index in [9.17, 15) is 14.4 Å². The fraction of sp³-hybridized carbons (Fsp3) is 0.167. The molecule has 0 aliphatic carbocycles. The number of fused-ring (bicyclic) bond motifs is 1. The Hall–Kier alpha value is -3.85. The molecule has 168 valence electrons. The van der Waals surface area contributed by atoms with Crippen molar-refractivity contribution in [2.24, 2.45) is 0 Å². The van der Waals surface area contributed by atoms with Crippen molar-refractivity contribution in [1.29, 1.82) is 0 Å². The molecule has 2 heterocycles. The molecule has 1 amide bonds. The second-order valence-corrected chi connectivity index (χ2v) is 8.46. The lowest BCUT2D eigenvalue weighted by atomic mass is 10.1. The van der Waals surface area contributed by atoms with Crippen LogP contribution < -0.4 is 10.9 Å². The number of ether oxygens (including phenoxy) is 1. The first-order valence-corrected chi connectivity index (χ1v) is 11.0. The van der Waals surface area contributed by atoms with Crippen molar-refractivity contribution in [3.05, 3.63) is 88.6 Å². The molecule has 2 aromatic heterocycles. The van der Waals surface area contributed by atoms with E-state index in [0.29, 0.717) is 27.5 Å². The molecule has 1 atom stereocenters. The average Bonchev–Trinajstić information content (AvgIpc) is 3.36. The van der Waals surface area contributed by atoms with Gasteiger partial charge in [-0.1, -0.05) is 30.0 Å². The molecular formula is C24H21N3O5S.